The summed E-state index contributed by atoms with van der Waals surface area (Å²) in [6, 6.07) is 6.20. The lowest BCUT2D eigenvalue weighted by Gasteiger charge is -2.08. The van der Waals surface area contributed by atoms with Crippen molar-refractivity contribution in [1.82, 2.24) is 0 Å². The second-order valence-electron chi connectivity index (χ2n) is 5.07. The summed E-state index contributed by atoms with van der Waals surface area (Å²) in [5.41, 5.74) is 2.31. The van der Waals surface area contributed by atoms with Gasteiger partial charge in [0.25, 0.3) is 0 Å². The Balaban J connectivity index is 2.25. The van der Waals surface area contributed by atoms with Gasteiger partial charge in [-0.1, -0.05) is 45.7 Å². The minimum Gasteiger partial charge on any atom is -0.426 e. The third-order valence-electron chi connectivity index (χ3n) is 3.42. The fraction of sp³-hybridized carbons (Fsp3) is 0.533. The van der Waals surface area contributed by atoms with Crippen LogP contribution >= 0.6 is 0 Å². The Hall–Kier alpha value is -1.31. The molecule has 1 aromatic rings. The van der Waals surface area contributed by atoms with Crippen molar-refractivity contribution in [2.24, 2.45) is 0 Å². The molecule has 2 nitrogen and oxygen atoms in total. The molecular weight excluding hydrogens is 212 g/mol. The van der Waals surface area contributed by atoms with Crippen molar-refractivity contribution in [2.45, 2.75) is 51.9 Å². The number of unbranched alkanes of at least 4 members (excludes halogenated alkanes) is 1. The predicted molar refractivity (Wildman–Crippen MR) is 68.4 cm³/mol. The van der Waals surface area contributed by atoms with Gasteiger partial charge in [-0.2, -0.15) is 0 Å². The first-order valence-electron chi connectivity index (χ1n) is 6.49. The van der Waals surface area contributed by atoms with Crippen LogP contribution in [0.5, 0.6) is 5.75 Å². The van der Waals surface area contributed by atoms with Crippen molar-refractivity contribution in [2.75, 3.05) is 0 Å². The largest absolute Gasteiger partial charge is 0.426 e. The Morgan fingerprint density at radius 3 is 2.76 bits per heavy atom. The molecule has 0 aliphatic carbocycles. The zero-order valence-corrected chi connectivity index (χ0v) is 10.8. The van der Waals surface area contributed by atoms with Crippen LogP contribution in [-0.4, -0.2) is 5.97 Å². The first-order valence-corrected chi connectivity index (χ1v) is 6.49. The van der Waals surface area contributed by atoms with Crippen molar-refractivity contribution in [3.05, 3.63) is 29.3 Å². The summed E-state index contributed by atoms with van der Waals surface area (Å²) < 4.78 is 5.37. The Bertz CT molecular complexity index is 421. The van der Waals surface area contributed by atoms with Crippen LogP contribution in [0.2, 0.25) is 0 Å². The van der Waals surface area contributed by atoms with Gasteiger partial charge in [-0.15, -0.1) is 0 Å². The van der Waals surface area contributed by atoms with E-state index in [0.717, 1.165) is 30.6 Å². The molecule has 0 saturated heterocycles. The second kappa shape index (κ2) is 4.91. The molecule has 0 bridgehead atoms. The third-order valence-corrected chi connectivity index (χ3v) is 3.42. The van der Waals surface area contributed by atoms with Crippen LogP contribution < -0.4 is 4.74 Å². The molecule has 1 atom stereocenters. The van der Waals surface area contributed by atoms with Gasteiger partial charge in [0.2, 0.25) is 0 Å². The van der Waals surface area contributed by atoms with E-state index in [9.17, 15) is 4.79 Å². The average molecular weight is 232 g/mol. The lowest BCUT2D eigenvalue weighted by molar-refractivity contribution is -0.134. The molecule has 1 aliphatic heterocycles. The first kappa shape index (κ1) is 12.2. The van der Waals surface area contributed by atoms with Gasteiger partial charge in [-0.3, -0.25) is 4.79 Å². The fourth-order valence-electron chi connectivity index (χ4n) is 2.27. The summed E-state index contributed by atoms with van der Waals surface area (Å²) in [5.74, 6) is 1.14. The molecule has 0 spiro atoms. The highest BCUT2D eigenvalue weighted by atomic mass is 16.5. The van der Waals surface area contributed by atoms with E-state index in [1.165, 1.54) is 5.56 Å². The SMILES string of the molecule is CCCCC1C(=O)Oc2cc(C(C)C)ccc21. The van der Waals surface area contributed by atoms with Gasteiger partial charge in [0.15, 0.2) is 0 Å². The monoisotopic (exact) mass is 232 g/mol. The maximum absolute atomic E-state index is 11.8. The van der Waals surface area contributed by atoms with Gasteiger partial charge in [0.05, 0.1) is 5.92 Å². The van der Waals surface area contributed by atoms with Crippen LogP contribution in [0, 0.1) is 0 Å². The highest BCUT2D eigenvalue weighted by Gasteiger charge is 2.32. The van der Waals surface area contributed by atoms with Gasteiger partial charge in [0.1, 0.15) is 5.75 Å². The topological polar surface area (TPSA) is 26.3 Å². The van der Waals surface area contributed by atoms with E-state index >= 15 is 0 Å². The Morgan fingerprint density at radius 2 is 2.12 bits per heavy atom. The van der Waals surface area contributed by atoms with Crippen molar-refractivity contribution in [3.63, 3.8) is 0 Å². The Morgan fingerprint density at radius 1 is 1.35 bits per heavy atom. The highest BCUT2D eigenvalue weighted by molar-refractivity contribution is 5.86. The lowest BCUT2D eigenvalue weighted by Crippen LogP contribution is -2.09. The van der Waals surface area contributed by atoms with Crippen molar-refractivity contribution >= 4 is 5.97 Å². The number of hydrogen-bond acceptors (Lipinski definition) is 2. The van der Waals surface area contributed by atoms with Crippen LogP contribution in [0.1, 0.15) is 63.0 Å². The van der Waals surface area contributed by atoms with Crippen molar-refractivity contribution in [3.8, 4) is 5.75 Å². The molecular formula is C15H20O2. The molecule has 2 rings (SSSR count). The molecule has 92 valence electrons. The molecule has 0 amide bonds. The Labute approximate surface area is 103 Å². The standard InChI is InChI=1S/C15H20O2/c1-4-5-6-13-12-8-7-11(10(2)3)9-14(12)17-15(13)16/h7-10,13H,4-6H2,1-3H3. The van der Waals surface area contributed by atoms with Crippen molar-refractivity contribution in [1.29, 1.82) is 0 Å². The first-order chi connectivity index (χ1) is 8.13. The highest BCUT2D eigenvalue weighted by Crippen LogP contribution is 2.39. The minimum absolute atomic E-state index is 0.0360. The summed E-state index contributed by atoms with van der Waals surface area (Å²) in [6.07, 6.45) is 3.09. The lowest BCUT2D eigenvalue weighted by atomic mass is 9.92. The fourth-order valence-corrected chi connectivity index (χ4v) is 2.27. The van der Waals surface area contributed by atoms with Gasteiger partial charge >= 0.3 is 5.97 Å². The molecule has 0 radical (unpaired) electrons. The maximum atomic E-state index is 11.8. The smallest absolute Gasteiger partial charge is 0.318 e. The molecule has 0 fully saturated rings. The molecule has 1 aromatic carbocycles. The third kappa shape index (κ3) is 2.36. The van der Waals surface area contributed by atoms with E-state index in [-0.39, 0.29) is 11.9 Å². The van der Waals surface area contributed by atoms with Gasteiger partial charge in [0, 0.05) is 5.56 Å². The minimum atomic E-state index is -0.0747. The number of rotatable bonds is 4. The number of esters is 1. The van der Waals surface area contributed by atoms with E-state index < -0.39 is 0 Å². The number of carbonyl (C=O) groups is 1. The summed E-state index contributed by atoms with van der Waals surface area (Å²) in [7, 11) is 0. The van der Waals surface area contributed by atoms with E-state index in [2.05, 4.69) is 32.9 Å². The normalized spacial score (nSPS) is 18.4. The number of benzene rings is 1. The number of fused-ring (bicyclic) bond motifs is 1. The second-order valence-corrected chi connectivity index (χ2v) is 5.07. The van der Waals surface area contributed by atoms with Gasteiger partial charge in [-0.05, 0) is 24.0 Å². The van der Waals surface area contributed by atoms with Gasteiger partial charge in [-0.25, -0.2) is 0 Å². The van der Waals surface area contributed by atoms with Crippen LogP contribution in [0.4, 0.5) is 0 Å². The van der Waals surface area contributed by atoms with Crippen LogP contribution in [0.3, 0.4) is 0 Å². The quantitative estimate of drug-likeness (QED) is 0.579. The molecule has 1 unspecified atom stereocenters. The summed E-state index contributed by atoms with van der Waals surface area (Å²) in [5, 5.41) is 0. The molecule has 2 heteroatoms. The van der Waals surface area contributed by atoms with Crippen LogP contribution in [0.15, 0.2) is 18.2 Å². The molecule has 0 aromatic heterocycles. The zero-order chi connectivity index (χ0) is 12.4. The summed E-state index contributed by atoms with van der Waals surface area (Å²) in [6.45, 7) is 6.43. The van der Waals surface area contributed by atoms with E-state index in [1.807, 2.05) is 6.07 Å². The molecule has 0 N–H and O–H groups in total. The van der Waals surface area contributed by atoms with Gasteiger partial charge < -0.3 is 4.74 Å². The van der Waals surface area contributed by atoms with E-state index in [1.54, 1.807) is 0 Å². The summed E-state index contributed by atoms with van der Waals surface area (Å²) >= 11 is 0. The maximum Gasteiger partial charge on any atom is 0.318 e. The number of carbonyl (C=O) groups excluding carboxylic acids is 1. The molecule has 1 aliphatic rings. The molecule has 0 saturated carbocycles. The number of ether oxygens (including phenoxy) is 1. The predicted octanol–water partition coefficient (Wildman–Crippen LogP) is 4.00. The molecule has 17 heavy (non-hydrogen) atoms. The van der Waals surface area contributed by atoms with Crippen molar-refractivity contribution < 1.29 is 9.53 Å². The molecule has 1 heterocycles. The Kier molecular flexibility index (Phi) is 3.51. The van der Waals surface area contributed by atoms with Crippen LogP contribution in [0.25, 0.3) is 0 Å². The average Bonchev–Trinajstić information content (AvgIpc) is 2.61. The van der Waals surface area contributed by atoms with E-state index in [0.29, 0.717) is 5.92 Å². The van der Waals surface area contributed by atoms with E-state index in [4.69, 9.17) is 4.74 Å². The number of hydrogen-bond donors (Lipinski definition) is 0. The van der Waals surface area contributed by atoms with Crippen LogP contribution in [-0.2, 0) is 4.79 Å². The zero-order valence-electron chi connectivity index (χ0n) is 10.8. The summed E-state index contributed by atoms with van der Waals surface area (Å²) in [4.78, 5) is 11.8.